The Balaban J connectivity index is 4.12. The van der Waals surface area contributed by atoms with Crippen molar-refractivity contribution in [2.75, 3.05) is 13.6 Å². The monoisotopic (exact) mass is 300 g/mol. The molecule has 0 fully saturated rings. The van der Waals surface area contributed by atoms with E-state index in [2.05, 4.69) is 26.1 Å². The van der Waals surface area contributed by atoms with E-state index in [1.54, 1.807) is 4.90 Å². The van der Waals surface area contributed by atoms with Gasteiger partial charge in [-0.25, -0.2) is 4.79 Å². The van der Waals surface area contributed by atoms with Gasteiger partial charge in [-0.15, -0.1) is 0 Å². The number of carboxylic acids is 1. The van der Waals surface area contributed by atoms with Gasteiger partial charge in [0.05, 0.1) is 0 Å². The van der Waals surface area contributed by atoms with Crippen LogP contribution in [0.5, 0.6) is 0 Å². The van der Waals surface area contributed by atoms with E-state index < -0.39 is 5.97 Å². The van der Waals surface area contributed by atoms with Gasteiger partial charge in [-0.05, 0) is 31.6 Å². The van der Waals surface area contributed by atoms with Gasteiger partial charge in [-0.1, -0.05) is 33.6 Å². The van der Waals surface area contributed by atoms with E-state index in [-0.39, 0.29) is 18.5 Å². The first-order valence-corrected chi connectivity index (χ1v) is 8.02. The molecule has 2 unspecified atom stereocenters. The number of aliphatic carboxylic acids is 1. The molecule has 0 saturated carbocycles. The van der Waals surface area contributed by atoms with Crippen molar-refractivity contribution < 1.29 is 14.7 Å². The molecule has 124 valence electrons. The molecule has 0 aromatic rings. The van der Waals surface area contributed by atoms with E-state index >= 15 is 0 Å². The van der Waals surface area contributed by atoms with Gasteiger partial charge in [0.15, 0.2) is 0 Å². The van der Waals surface area contributed by atoms with Crippen molar-refractivity contribution in [3.05, 3.63) is 0 Å². The summed E-state index contributed by atoms with van der Waals surface area (Å²) in [6.07, 6.45) is 3.81. The zero-order valence-electron chi connectivity index (χ0n) is 14.2. The fourth-order valence-corrected chi connectivity index (χ4v) is 2.31. The van der Waals surface area contributed by atoms with Crippen molar-refractivity contribution in [1.29, 1.82) is 0 Å². The van der Waals surface area contributed by atoms with Gasteiger partial charge >= 0.3 is 12.0 Å². The lowest BCUT2D eigenvalue weighted by molar-refractivity contribution is -0.137. The van der Waals surface area contributed by atoms with Crippen LogP contribution in [0.4, 0.5) is 4.79 Å². The quantitative estimate of drug-likeness (QED) is 0.650. The number of amides is 2. The second kappa shape index (κ2) is 10.5. The van der Waals surface area contributed by atoms with Gasteiger partial charge in [0, 0.05) is 26.1 Å². The number of nitrogens with zero attached hydrogens (tertiary/aromatic N) is 1. The fourth-order valence-electron chi connectivity index (χ4n) is 2.31. The van der Waals surface area contributed by atoms with Crippen LogP contribution >= 0.6 is 0 Å². The minimum atomic E-state index is -0.745. The molecule has 0 spiro atoms. The summed E-state index contributed by atoms with van der Waals surface area (Å²) in [5.41, 5.74) is 0. The SMILES string of the molecule is CCCC(CCNC(=O)N(C)C(C)C(C)C)CCC(=O)O. The van der Waals surface area contributed by atoms with Crippen molar-refractivity contribution in [3.63, 3.8) is 0 Å². The Bertz CT molecular complexity index is 319. The molecule has 5 heteroatoms. The predicted octanol–water partition coefficient (Wildman–Crippen LogP) is 3.34. The lowest BCUT2D eigenvalue weighted by atomic mass is 9.94. The molecule has 0 rings (SSSR count). The summed E-state index contributed by atoms with van der Waals surface area (Å²) in [5.74, 6) is 0.0500. The van der Waals surface area contributed by atoms with Crippen molar-refractivity contribution in [3.8, 4) is 0 Å². The average Bonchev–Trinajstić information content (AvgIpc) is 2.42. The van der Waals surface area contributed by atoms with Gasteiger partial charge in [-0.2, -0.15) is 0 Å². The van der Waals surface area contributed by atoms with Crippen LogP contribution < -0.4 is 5.32 Å². The maximum Gasteiger partial charge on any atom is 0.317 e. The Morgan fingerprint density at radius 2 is 1.76 bits per heavy atom. The molecule has 2 amide bonds. The molecule has 21 heavy (non-hydrogen) atoms. The molecular formula is C16H32N2O3. The Kier molecular flexibility index (Phi) is 9.84. The van der Waals surface area contributed by atoms with E-state index in [1.807, 2.05) is 14.0 Å². The molecular weight excluding hydrogens is 268 g/mol. The average molecular weight is 300 g/mol. The third-order valence-electron chi connectivity index (χ3n) is 4.19. The van der Waals surface area contributed by atoms with Crippen molar-refractivity contribution in [1.82, 2.24) is 10.2 Å². The maximum atomic E-state index is 12.0. The molecule has 2 N–H and O–H groups in total. The highest BCUT2D eigenvalue weighted by molar-refractivity contribution is 5.74. The molecule has 0 aliphatic heterocycles. The predicted molar refractivity (Wildman–Crippen MR) is 85.3 cm³/mol. The highest BCUT2D eigenvalue weighted by Crippen LogP contribution is 2.17. The largest absolute Gasteiger partial charge is 0.481 e. The van der Waals surface area contributed by atoms with E-state index in [9.17, 15) is 9.59 Å². The maximum absolute atomic E-state index is 12.0. The van der Waals surface area contributed by atoms with Crippen LogP contribution in [0.15, 0.2) is 0 Å². The highest BCUT2D eigenvalue weighted by Gasteiger charge is 2.18. The summed E-state index contributed by atoms with van der Waals surface area (Å²) >= 11 is 0. The Hall–Kier alpha value is -1.26. The molecule has 2 atom stereocenters. The van der Waals surface area contributed by atoms with Crippen molar-refractivity contribution >= 4 is 12.0 Å². The number of nitrogens with one attached hydrogen (secondary N) is 1. The number of hydrogen-bond donors (Lipinski definition) is 2. The molecule has 0 saturated heterocycles. The number of carbonyl (C=O) groups excluding carboxylic acids is 1. The van der Waals surface area contributed by atoms with Crippen LogP contribution in [0.2, 0.25) is 0 Å². The second-order valence-electron chi connectivity index (χ2n) is 6.20. The van der Waals surface area contributed by atoms with E-state index in [0.717, 1.165) is 19.3 Å². The van der Waals surface area contributed by atoms with Crippen LogP contribution in [-0.2, 0) is 4.79 Å². The Labute approximate surface area is 129 Å². The zero-order chi connectivity index (χ0) is 16.4. The Morgan fingerprint density at radius 3 is 2.24 bits per heavy atom. The number of carbonyl (C=O) groups is 2. The lowest BCUT2D eigenvalue weighted by Crippen LogP contribution is -2.44. The first-order chi connectivity index (χ1) is 9.79. The molecule has 0 bridgehead atoms. The molecule has 0 aliphatic rings. The Morgan fingerprint density at radius 1 is 1.14 bits per heavy atom. The van der Waals surface area contributed by atoms with Crippen LogP contribution in [-0.4, -0.2) is 41.6 Å². The van der Waals surface area contributed by atoms with E-state index in [4.69, 9.17) is 5.11 Å². The molecule has 0 heterocycles. The molecule has 0 radical (unpaired) electrons. The summed E-state index contributed by atoms with van der Waals surface area (Å²) in [6.45, 7) is 8.94. The summed E-state index contributed by atoms with van der Waals surface area (Å²) < 4.78 is 0. The molecule has 0 aromatic heterocycles. The van der Waals surface area contributed by atoms with Gasteiger partial charge in [-0.3, -0.25) is 4.79 Å². The first kappa shape index (κ1) is 19.7. The zero-order valence-corrected chi connectivity index (χ0v) is 14.2. The third kappa shape index (κ3) is 8.58. The molecule has 0 aliphatic carbocycles. The highest BCUT2D eigenvalue weighted by atomic mass is 16.4. The number of carboxylic acid groups (broad SMARTS) is 1. The second-order valence-corrected chi connectivity index (χ2v) is 6.20. The minimum absolute atomic E-state index is 0.0512. The van der Waals surface area contributed by atoms with Crippen LogP contribution in [0, 0.1) is 11.8 Å². The summed E-state index contributed by atoms with van der Waals surface area (Å²) in [7, 11) is 1.81. The summed E-state index contributed by atoms with van der Waals surface area (Å²) in [5, 5.41) is 11.7. The minimum Gasteiger partial charge on any atom is -0.481 e. The van der Waals surface area contributed by atoms with Gasteiger partial charge < -0.3 is 15.3 Å². The molecule has 0 aromatic carbocycles. The summed E-state index contributed by atoms with van der Waals surface area (Å²) in [6, 6.07) is 0.146. The van der Waals surface area contributed by atoms with E-state index in [1.165, 1.54) is 0 Å². The normalized spacial score (nSPS) is 13.8. The fraction of sp³-hybridized carbons (Fsp3) is 0.875. The van der Waals surface area contributed by atoms with Gasteiger partial charge in [0.1, 0.15) is 0 Å². The third-order valence-corrected chi connectivity index (χ3v) is 4.19. The first-order valence-electron chi connectivity index (χ1n) is 8.02. The smallest absolute Gasteiger partial charge is 0.317 e. The van der Waals surface area contributed by atoms with Gasteiger partial charge in [0.2, 0.25) is 0 Å². The van der Waals surface area contributed by atoms with E-state index in [0.29, 0.717) is 24.8 Å². The summed E-state index contributed by atoms with van der Waals surface area (Å²) in [4.78, 5) is 24.4. The number of urea groups is 1. The van der Waals surface area contributed by atoms with Crippen LogP contribution in [0.1, 0.15) is 59.8 Å². The van der Waals surface area contributed by atoms with Crippen LogP contribution in [0.25, 0.3) is 0 Å². The van der Waals surface area contributed by atoms with Gasteiger partial charge in [0.25, 0.3) is 0 Å². The topological polar surface area (TPSA) is 69.6 Å². The van der Waals surface area contributed by atoms with Crippen LogP contribution in [0.3, 0.4) is 0 Å². The molecule has 5 nitrogen and oxygen atoms in total. The van der Waals surface area contributed by atoms with Crippen molar-refractivity contribution in [2.24, 2.45) is 11.8 Å². The number of hydrogen-bond acceptors (Lipinski definition) is 2. The standard InChI is InChI=1S/C16H32N2O3/c1-6-7-14(8-9-15(19)20)10-11-17-16(21)18(5)13(4)12(2)3/h12-14H,6-11H2,1-5H3,(H,17,21)(H,19,20). The van der Waals surface area contributed by atoms with Crippen molar-refractivity contribution in [2.45, 2.75) is 65.8 Å². The lowest BCUT2D eigenvalue weighted by Gasteiger charge is -2.28. The number of rotatable bonds is 10.